The van der Waals surface area contributed by atoms with Gasteiger partial charge in [-0.3, -0.25) is 4.79 Å². The van der Waals surface area contributed by atoms with Crippen molar-refractivity contribution >= 4 is 18.3 Å². The molecule has 0 atom stereocenters. The Morgan fingerprint density at radius 2 is 1.96 bits per heavy atom. The van der Waals surface area contributed by atoms with E-state index >= 15 is 0 Å². The van der Waals surface area contributed by atoms with Crippen LogP contribution in [0, 0.1) is 0 Å². The third-order valence-corrected chi connectivity index (χ3v) is 4.20. The first-order valence-electron chi connectivity index (χ1n) is 8.60. The van der Waals surface area contributed by atoms with E-state index in [0.29, 0.717) is 6.42 Å². The van der Waals surface area contributed by atoms with Gasteiger partial charge in [-0.2, -0.15) is 5.10 Å². The molecule has 1 aromatic carbocycles. The van der Waals surface area contributed by atoms with E-state index in [9.17, 15) is 4.79 Å². The topological polar surface area (TPSA) is 62.2 Å². The number of hydrogen-bond acceptors (Lipinski definition) is 4. The lowest BCUT2D eigenvalue weighted by Gasteiger charge is -2.27. The molecule has 0 aliphatic carbocycles. The van der Waals surface area contributed by atoms with Crippen LogP contribution in [0.4, 0.5) is 0 Å². The van der Waals surface area contributed by atoms with Gasteiger partial charge in [-0.1, -0.05) is 18.2 Å². The number of hydrogen-bond donors (Lipinski definition) is 2. The van der Waals surface area contributed by atoms with Crippen LogP contribution in [0.5, 0.6) is 0 Å². The predicted molar refractivity (Wildman–Crippen MR) is 101 cm³/mol. The average molecular weight is 364 g/mol. The fourth-order valence-corrected chi connectivity index (χ4v) is 2.89. The molecule has 136 valence electrons. The van der Waals surface area contributed by atoms with Crippen LogP contribution in [0.2, 0.25) is 0 Å². The quantitative estimate of drug-likeness (QED) is 0.727. The van der Waals surface area contributed by atoms with Crippen molar-refractivity contribution in [1.82, 2.24) is 25.3 Å². The van der Waals surface area contributed by atoms with Gasteiger partial charge in [0.15, 0.2) is 0 Å². The molecule has 0 radical (unpaired) electrons. The summed E-state index contributed by atoms with van der Waals surface area (Å²) in [4.78, 5) is 14.5. The standard InChI is InChI=1S/C18H25N5O.ClH/c24-18(20-7-4-10-22-11-8-19-9-12-22)13-16-14-21-23(15-16)17-5-2-1-3-6-17;/h1-3,5-6,14-15,19H,4,7-13H2,(H,20,24);1H. The molecular formula is C18H26ClN5O. The number of para-hydroxylation sites is 1. The van der Waals surface area contributed by atoms with E-state index in [2.05, 4.69) is 20.6 Å². The van der Waals surface area contributed by atoms with Gasteiger partial charge in [-0.15, -0.1) is 12.4 Å². The summed E-state index contributed by atoms with van der Waals surface area (Å²) >= 11 is 0. The molecule has 1 saturated heterocycles. The summed E-state index contributed by atoms with van der Waals surface area (Å²) in [5.74, 6) is 0.0583. The van der Waals surface area contributed by atoms with Gasteiger partial charge in [0, 0.05) is 38.9 Å². The Kier molecular flexibility index (Phi) is 7.91. The number of halogens is 1. The highest BCUT2D eigenvalue weighted by Crippen LogP contribution is 2.08. The molecule has 0 spiro atoms. The number of amides is 1. The summed E-state index contributed by atoms with van der Waals surface area (Å²) in [5, 5.41) is 10.7. The maximum atomic E-state index is 12.0. The minimum absolute atomic E-state index is 0. The first kappa shape index (κ1) is 19.4. The van der Waals surface area contributed by atoms with Crippen molar-refractivity contribution in [2.75, 3.05) is 39.3 Å². The molecule has 7 heteroatoms. The monoisotopic (exact) mass is 363 g/mol. The van der Waals surface area contributed by atoms with Gasteiger partial charge in [0.1, 0.15) is 0 Å². The smallest absolute Gasteiger partial charge is 0.224 e. The van der Waals surface area contributed by atoms with E-state index in [-0.39, 0.29) is 18.3 Å². The fourth-order valence-electron chi connectivity index (χ4n) is 2.89. The molecule has 1 aliphatic rings. The summed E-state index contributed by atoms with van der Waals surface area (Å²) in [5.41, 5.74) is 1.93. The maximum absolute atomic E-state index is 12.0. The van der Waals surface area contributed by atoms with E-state index in [0.717, 1.165) is 56.9 Å². The second kappa shape index (κ2) is 10.2. The molecular weight excluding hydrogens is 338 g/mol. The van der Waals surface area contributed by atoms with Gasteiger partial charge in [0.25, 0.3) is 0 Å². The summed E-state index contributed by atoms with van der Waals surface area (Å²) in [7, 11) is 0. The lowest BCUT2D eigenvalue weighted by Crippen LogP contribution is -2.44. The van der Waals surface area contributed by atoms with E-state index in [1.807, 2.05) is 36.5 Å². The van der Waals surface area contributed by atoms with E-state index in [4.69, 9.17) is 0 Å². The van der Waals surface area contributed by atoms with Crippen molar-refractivity contribution in [1.29, 1.82) is 0 Å². The zero-order valence-electron chi connectivity index (χ0n) is 14.4. The highest BCUT2D eigenvalue weighted by atomic mass is 35.5. The zero-order valence-corrected chi connectivity index (χ0v) is 15.2. The molecule has 1 aliphatic heterocycles. The highest BCUT2D eigenvalue weighted by Gasteiger charge is 2.09. The lowest BCUT2D eigenvalue weighted by atomic mass is 10.2. The second-order valence-corrected chi connectivity index (χ2v) is 6.10. The van der Waals surface area contributed by atoms with E-state index < -0.39 is 0 Å². The first-order chi connectivity index (χ1) is 11.8. The van der Waals surface area contributed by atoms with Gasteiger partial charge in [-0.05, 0) is 30.7 Å². The molecule has 2 heterocycles. The number of piperazine rings is 1. The molecule has 0 unspecified atom stereocenters. The van der Waals surface area contributed by atoms with Crippen LogP contribution in [0.15, 0.2) is 42.7 Å². The van der Waals surface area contributed by atoms with Crippen LogP contribution in [0.25, 0.3) is 5.69 Å². The number of aromatic nitrogens is 2. The van der Waals surface area contributed by atoms with Crippen molar-refractivity contribution in [3.8, 4) is 5.69 Å². The summed E-state index contributed by atoms with van der Waals surface area (Å²) in [6, 6.07) is 9.91. The van der Waals surface area contributed by atoms with Gasteiger partial charge < -0.3 is 15.5 Å². The van der Waals surface area contributed by atoms with Crippen LogP contribution < -0.4 is 10.6 Å². The van der Waals surface area contributed by atoms with Gasteiger partial charge in [-0.25, -0.2) is 4.68 Å². The normalized spacial score (nSPS) is 14.7. The Morgan fingerprint density at radius 3 is 2.72 bits per heavy atom. The van der Waals surface area contributed by atoms with Crippen LogP contribution in [0.3, 0.4) is 0 Å². The van der Waals surface area contributed by atoms with E-state index in [1.165, 1.54) is 0 Å². The molecule has 1 fully saturated rings. The SMILES string of the molecule is Cl.O=C(Cc1cnn(-c2ccccc2)c1)NCCCN1CCNCC1. The number of benzene rings is 1. The molecule has 3 rings (SSSR count). The summed E-state index contributed by atoms with van der Waals surface area (Å²) in [6.07, 6.45) is 5.04. The predicted octanol–water partition coefficient (Wildman–Crippen LogP) is 1.25. The molecule has 2 aromatic rings. The number of carbonyl (C=O) groups excluding carboxylic acids is 1. The lowest BCUT2D eigenvalue weighted by molar-refractivity contribution is -0.120. The largest absolute Gasteiger partial charge is 0.356 e. The van der Waals surface area contributed by atoms with Crippen molar-refractivity contribution in [3.05, 3.63) is 48.3 Å². The number of nitrogens with one attached hydrogen (secondary N) is 2. The highest BCUT2D eigenvalue weighted by molar-refractivity contribution is 5.85. The van der Waals surface area contributed by atoms with Gasteiger partial charge in [0.05, 0.1) is 18.3 Å². The van der Waals surface area contributed by atoms with Crippen LogP contribution >= 0.6 is 12.4 Å². The third-order valence-electron chi connectivity index (χ3n) is 4.20. The number of carbonyl (C=O) groups is 1. The Morgan fingerprint density at radius 1 is 1.20 bits per heavy atom. The minimum atomic E-state index is 0. The Labute approximate surface area is 155 Å². The minimum Gasteiger partial charge on any atom is -0.356 e. The average Bonchev–Trinajstić information content (AvgIpc) is 3.09. The van der Waals surface area contributed by atoms with Crippen molar-refractivity contribution < 1.29 is 4.79 Å². The molecule has 2 N–H and O–H groups in total. The van der Waals surface area contributed by atoms with Crippen LogP contribution in [-0.2, 0) is 11.2 Å². The Bertz CT molecular complexity index is 640. The molecule has 1 amide bonds. The van der Waals surface area contributed by atoms with Crippen molar-refractivity contribution in [2.45, 2.75) is 12.8 Å². The fraction of sp³-hybridized carbons (Fsp3) is 0.444. The Balaban J connectivity index is 0.00000225. The molecule has 0 saturated carbocycles. The number of nitrogens with zero attached hydrogens (tertiary/aromatic N) is 3. The third kappa shape index (κ3) is 6.16. The summed E-state index contributed by atoms with van der Waals surface area (Å²) < 4.78 is 1.80. The second-order valence-electron chi connectivity index (χ2n) is 6.10. The zero-order chi connectivity index (χ0) is 16.6. The first-order valence-corrected chi connectivity index (χ1v) is 8.60. The molecule has 1 aromatic heterocycles. The van der Waals surface area contributed by atoms with Crippen molar-refractivity contribution in [3.63, 3.8) is 0 Å². The van der Waals surface area contributed by atoms with Gasteiger partial charge in [0.2, 0.25) is 5.91 Å². The molecule has 0 bridgehead atoms. The number of rotatable bonds is 7. The molecule has 6 nitrogen and oxygen atoms in total. The van der Waals surface area contributed by atoms with E-state index in [1.54, 1.807) is 10.9 Å². The van der Waals surface area contributed by atoms with Crippen LogP contribution in [-0.4, -0.2) is 59.9 Å². The maximum Gasteiger partial charge on any atom is 0.224 e. The van der Waals surface area contributed by atoms with Gasteiger partial charge >= 0.3 is 0 Å². The van der Waals surface area contributed by atoms with Crippen LogP contribution in [0.1, 0.15) is 12.0 Å². The molecule has 25 heavy (non-hydrogen) atoms. The van der Waals surface area contributed by atoms with Crippen molar-refractivity contribution in [2.24, 2.45) is 0 Å². The Hall–Kier alpha value is -1.89. The summed E-state index contributed by atoms with van der Waals surface area (Å²) in [6.45, 7) is 6.12.